The molecule has 0 fully saturated rings. The van der Waals surface area contributed by atoms with E-state index in [0.29, 0.717) is 0 Å². The van der Waals surface area contributed by atoms with Gasteiger partial charge >= 0.3 is 0 Å². The zero-order valence-electron chi connectivity index (χ0n) is 16.4. The van der Waals surface area contributed by atoms with Crippen LogP contribution in [0.2, 0.25) is 5.02 Å². The van der Waals surface area contributed by atoms with E-state index in [1.807, 2.05) is 6.07 Å². The van der Waals surface area contributed by atoms with Gasteiger partial charge in [0.25, 0.3) is 0 Å². The van der Waals surface area contributed by atoms with Crippen molar-refractivity contribution in [3.8, 4) is 0 Å². The van der Waals surface area contributed by atoms with Crippen molar-refractivity contribution in [3.63, 3.8) is 0 Å². The molecule has 0 aliphatic heterocycles. The standard InChI is InChI=1S/C24H20ClN3S2/c1-29-20-6-2-16(3-7-20)12-28(19-5-8-22-23(11-19)27-15-26-22)13-17-14-30-24-9-4-18(25)10-21(17)24/h2-11,14-15H,12-13H2,1H3,(H,26,27). The average molecular weight is 450 g/mol. The lowest BCUT2D eigenvalue weighted by Gasteiger charge is -2.25. The Morgan fingerprint density at radius 2 is 1.90 bits per heavy atom. The number of rotatable bonds is 6. The highest BCUT2D eigenvalue weighted by Gasteiger charge is 2.13. The maximum absolute atomic E-state index is 6.29. The molecule has 0 unspecified atom stereocenters. The number of aromatic amines is 1. The topological polar surface area (TPSA) is 31.9 Å². The van der Waals surface area contributed by atoms with E-state index in [1.54, 1.807) is 29.4 Å². The number of aromatic nitrogens is 2. The molecular formula is C24H20ClN3S2. The Hall–Kier alpha value is -2.47. The molecule has 0 spiro atoms. The maximum Gasteiger partial charge on any atom is 0.0931 e. The van der Waals surface area contributed by atoms with E-state index >= 15 is 0 Å². The first-order chi connectivity index (χ1) is 14.7. The van der Waals surface area contributed by atoms with Gasteiger partial charge in [0.05, 0.1) is 17.4 Å². The van der Waals surface area contributed by atoms with E-state index < -0.39 is 0 Å². The Labute approximate surface area is 188 Å². The van der Waals surface area contributed by atoms with Crippen LogP contribution >= 0.6 is 34.7 Å². The molecule has 0 amide bonds. The van der Waals surface area contributed by atoms with Gasteiger partial charge in [-0.2, -0.15) is 0 Å². The van der Waals surface area contributed by atoms with Gasteiger partial charge in [0.15, 0.2) is 0 Å². The summed E-state index contributed by atoms with van der Waals surface area (Å²) in [6.45, 7) is 1.64. The lowest BCUT2D eigenvalue weighted by atomic mass is 10.1. The quantitative estimate of drug-likeness (QED) is 0.275. The zero-order chi connectivity index (χ0) is 20.5. The molecule has 30 heavy (non-hydrogen) atoms. The van der Waals surface area contributed by atoms with E-state index in [2.05, 4.69) is 81.1 Å². The Morgan fingerprint density at radius 1 is 1.03 bits per heavy atom. The predicted octanol–water partition coefficient (Wildman–Crippen LogP) is 7.36. The molecule has 0 saturated heterocycles. The van der Waals surface area contributed by atoms with E-state index in [-0.39, 0.29) is 0 Å². The molecule has 3 nitrogen and oxygen atoms in total. The molecule has 0 radical (unpaired) electrons. The second kappa shape index (κ2) is 8.34. The molecule has 5 rings (SSSR count). The number of hydrogen-bond donors (Lipinski definition) is 1. The van der Waals surface area contributed by atoms with Crippen LogP contribution in [0.25, 0.3) is 21.1 Å². The Kier molecular flexibility index (Phi) is 5.42. The van der Waals surface area contributed by atoms with Crippen molar-refractivity contribution in [3.05, 3.63) is 88.5 Å². The van der Waals surface area contributed by atoms with Gasteiger partial charge in [-0.3, -0.25) is 0 Å². The molecule has 0 aliphatic carbocycles. The molecule has 0 bridgehead atoms. The molecule has 0 aliphatic rings. The number of thioether (sulfide) groups is 1. The molecule has 5 aromatic rings. The molecule has 2 aromatic heterocycles. The number of fused-ring (bicyclic) bond motifs is 2. The summed E-state index contributed by atoms with van der Waals surface area (Å²) in [7, 11) is 0. The van der Waals surface area contributed by atoms with E-state index in [4.69, 9.17) is 11.6 Å². The minimum Gasteiger partial charge on any atom is -0.363 e. The fourth-order valence-electron chi connectivity index (χ4n) is 3.69. The number of thiophene rings is 1. The molecule has 1 N–H and O–H groups in total. The van der Waals surface area contributed by atoms with Gasteiger partial charge in [0.2, 0.25) is 0 Å². The van der Waals surface area contributed by atoms with Gasteiger partial charge in [0.1, 0.15) is 0 Å². The van der Waals surface area contributed by atoms with Crippen molar-refractivity contribution in [2.24, 2.45) is 0 Å². The summed E-state index contributed by atoms with van der Waals surface area (Å²) in [5.41, 5.74) is 5.78. The first-order valence-corrected chi connectivity index (χ1v) is 12.1. The van der Waals surface area contributed by atoms with Crippen LogP contribution in [0.4, 0.5) is 5.69 Å². The molecule has 3 aromatic carbocycles. The van der Waals surface area contributed by atoms with Crippen LogP contribution in [-0.2, 0) is 13.1 Å². The number of halogens is 1. The number of benzene rings is 3. The van der Waals surface area contributed by atoms with Gasteiger partial charge in [-0.25, -0.2) is 4.98 Å². The van der Waals surface area contributed by atoms with E-state index in [0.717, 1.165) is 29.1 Å². The van der Waals surface area contributed by atoms with Crippen LogP contribution in [0.5, 0.6) is 0 Å². The molecule has 0 saturated carbocycles. The number of nitrogens with zero attached hydrogens (tertiary/aromatic N) is 2. The maximum atomic E-state index is 6.29. The summed E-state index contributed by atoms with van der Waals surface area (Å²) < 4.78 is 1.27. The predicted molar refractivity (Wildman–Crippen MR) is 131 cm³/mol. The van der Waals surface area contributed by atoms with E-state index in [9.17, 15) is 0 Å². The van der Waals surface area contributed by atoms with Gasteiger partial charge in [-0.1, -0.05) is 23.7 Å². The summed E-state index contributed by atoms with van der Waals surface area (Å²) in [6.07, 6.45) is 3.85. The second-order valence-corrected chi connectivity index (χ2v) is 9.44. The SMILES string of the molecule is CSc1ccc(CN(Cc2csc3ccc(Cl)cc23)c2ccc3nc[nH]c3c2)cc1. The molecule has 2 heterocycles. The third-order valence-electron chi connectivity index (χ3n) is 5.28. The number of anilines is 1. The number of imidazole rings is 1. The van der Waals surface area contributed by atoms with Gasteiger partial charge in [0, 0.05) is 33.4 Å². The highest BCUT2D eigenvalue weighted by atomic mass is 35.5. The highest BCUT2D eigenvalue weighted by Crippen LogP contribution is 2.32. The van der Waals surface area contributed by atoms with Crippen molar-refractivity contribution in [2.45, 2.75) is 18.0 Å². The first kappa shape index (κ1) is 19.5. The minimum atomic E-state index is 0.778. The summed E-state index contributed by atoms with van der Waals surface area (Å²) in [5, 5.41) is 4.26. The highest BCUT2D eigenvalue weighted by molar-refractivity contribution is 7.98. The Bertz CT molecular complexity index is 1310. The van der Waals surface area contributed by atoms with Crippen LogP contribution in [-0.4, -0.2) is 16.2 Å². The molecule has 6 heteroatoms. The third-order valence-corrected chi connectivity index (χ3v) is 7.27. The van der Waals surface area contributed by atoms with Gasteiger partial charge in [-0.15, -0.1) is 23.1 Å². The lowest BCUT2D eigenvalue weighted by Crippen LogP contribution is -2.22. The van der Waals surface area contributed by atoms with Crippen LogP contribution in [0.3, 0.4) is 0 Å². The molecule has 0 atom stereocenters. The first-order valence-electron chi connectivity index (χ1n) is 9.66. The van der Waals surface area contributed by atoms with Crippen molar-refractivity contribution in [1.29, 1.82) is 0 Å². The number of nitrogens with one attached hydrogen (secondary N) is 1. The number of hydrogen-bond acceptors (Lipinski definition) is 4. The van der Waals surface area contributed by atoms with Crippen molar-refractivity contribution in [1.82, 2.24) is 9.97 Å². The van der Waals surface area contributed by atoms with Crippen molar-refractivity contribution in [2.75, 3.05) is 11.2 Å². The fourth-order valence-corrected chi connectivity index (χ4v) is 5.21. The summed E-state index contributed by atoms with van der Waals surface area (Å²) in [4.78, 5) is 11.3. The number of H-pyrrole nitrogens is 1. The molecule has 150 valence electrons. The summed E-state index contributed by atoms with van der Waals surface area (Å²) in [6, 6.07) is 21.4. The lowest BCUT2D eigenvalue weighted by molar-refractivity contribution is 0.805. The van der Waals surface area contributed by atoms with Gasteiger partial charge < -0.3 is 9.88 Å². The molecular weight excluding hydrogens is 430 g/mol. The minimum absolute atomic E-state index is 0.778. The van der Waals surface area contributed by atoms with Crippen LogP contribution in [0.1, 0.15) is 11.1 Å². The zero-order valence-corrected chi connectivity index (χ0v) is 18.8. The monoisotopic (exact) mass is 449 g/mol. The van der Waals surface area contributed by atoms with Gasteiger partial charge in [-0.05, 0) is 76.7 Å². The second-order valence-electron chi connectivity index (χ2n) is 7.21. The van der Waals surface area contributed by atoms with Crippen molar-refractivity contribution >= 4 is 61.5 Å². The summed E-state index contributed by atoms with van der Waals surface area (Å²) >= 11 is 9.83. The van der Waals surface area contributed by atoms with Crippen LogP contribution in [0.15, 0.2) is 77.3 Å². The Morgan fingerprint density at radius 3 is 2.73 bits per heavy atom. The Balaban J connectivity index is 1.52. The fraction of sp³-hybridized carbons (Fsp3) is 0.125. The van der Waals surface area contributed by atoms with Crippen LogP contribution < -0.4 is 4.90 Å². The normalized spacial score (nSPS) is 11.4. The smallest absolute Gasteiger partial charge is 0.0931 e. The largest absolute Gasteiger partial charge is 0.363 e. The summed E-state index contributed by atoms with van der Waals surface area (Å²) in [5.74, 6) is 0. The van der Waals surface area contributed by atoms with Crippen molar-refractivity contribution < 1.29 is 0 Å². The third kappa shape index (κ3) is 3.93. The average Bonchev–Trinajstić information content (AvgIpc) is 3.40. The van der Waals surface area contributed by atoms with Crippen LogP contribution in [0, 0.1) is 0 Å². The van der Waals surface area contributed by atoms with E-state index in [1.165, 1.54) is 31.8 Å².